The monoisotopic (exact) mass is 312 g/mol. The smallest absolute Gasteiger partial charge is 0.325 e. The van der Waals surface area contributed by atoms with Gasteiger partial charge in [0, 0.05) is 19.2 Å². The first kappa shape index (κ1) is 17.6. The Kier molecular flexibility index (Phi) is 7.55. The highest BCUT2D eigenvalue weighted by Gasteiger charge is 2.11. The first-order chi connectivity index (χ1) is 10.5. The van der Waals surface area contributed by atoms with Gasteiger partial charge in [-0.15, -0.1) is 0 Å². The number of nitrogens with one attached hydrogen (secondary N) is 2. The summed E-state index contributed by atoms with van der Waals surface area (Å²) >= 11 is 0. The molecule has 1 aromatic rings. The largest absolute Gasteiger partial charge is 0.454 e. The lowest BCUT2D eigenvalue weighted by atomic mass is 10.2. The van der Waals surface area contributed by atoms with E-state index in [1.54, 1.807) is 0 Å². The molecule has 0 bridgehead atoms. The summed E-state index contributed by atoms with van der Waals surface area (Å²) in [6.45, 7) is -0.203. The van der Waals surface area contributed by atoms with E-state index in [1.165, 1.54) is 25.3 Å². The molecule has 7 nitrogen and oxygen atoms in total. The zero-order chi connectivity index (χ0) is 16.4. The van der Waals surface area contributed by atoms with E-state index in [2.05, 4.69) is 15.4 Å². The minimum Gasteiger partial charge on any atom is -0.454 e. The van der Waals surface area contributed by atoms with Crippen LogP contribution in [0.1, 0.15) is 10.4 Å². The normalized spacial score (nSPS) is 9.91. The molecule has 0 aliphatic heterocycles. The molecule has 2 N–H and O–H groups in total. The van der Waals surface area contributed by atoms with Gasteiger partial charge in [-0.05, 0) is 18.2 Å². The van der Waals surface area contributed by atoms with Gasteiger partial charge in [-0.2, -0.15) is 0 Å². The molecule has 0 unspecified atom stereocenters. The van der Waals surface area contributed by atoms with E-state index in [9.17, 15) is 18.8 Å². The second kappa shape index (κ2) is 9.46. The summed E-state index contributed by atoms with van der Waals surface area (Å²) in [5.41, 5.74) is 0.0881. The number of hydrogen-bond acceptors (Lipinski definition) is 5. The number of carbonyl (C=O) groups is 3. The number of ether oxygens (including phenoxy) is 2. The third-order valence-corrected chi connectivity index (χ3v) is 2.47. The minimum absolute atomic E-state index is 0.0881. The molecule has 0 spiro atoms. The van der Waals surface area contributed by atoms with Crippen molar-refractivity contribution >= 4 is 17.8 Å². The van der Waals surface area contributed by atoms with Crippen molar-refractivity contribution < 1.29 is 28.2 Å². The van der Waals surface area contributed by atoms with Gasteiger partial charge in [-0.1, -0.05) is 6.07 Å². The van der Waals surface area contributed by atoms with Crippen molar-refractivity contribution in [1.29, 1.82) is 0 Å². The van der Waals surface area contributed by atoms with Crippen LogP contribution in [0.2, 0.25) is 0 Å². The lowest BCUT2D eigenvalue weighted by molar-refractivity contribution is -0.147. The highest BCUT2D eigenvalue weighted by molar-refractivity contribution is 5.96. The third-order valence-electron chi connectivity index (χ3n) is 2.47. The molecule has 0 aliphatic carbocycles. The molecule has 120 valence electrons. The van der Waals surface area contributed by atoms with Crippen LogP contribution in [0.4, 0.5) is 4.39 Å². The van der Waals surface area contributed by atoms with Crippen LogP contribution in [0.25, 0.3) is 0 Å². The number of carbonyl (C=O) groups excluding carboxylic acids is 3. The van der Waals surface area contributed by atoms with Crippen molar-refractivity contribution in [3.8, 4) is 0 Å². The van der Waals surface area contributed by atoms with Crippen molar-refractivity contribution in [2.75, 3.05) is 33.4 Å². The van der Waals surface area contributed by atoms with Crippen LogP contribution in [0.5, 0.6) is 0 Å². The van der Waals surface area contributed by atoms with Crippen molar-refractivity contribution in [3.63, 3.8) is 0 Å². The number of benzene rings is 1. The average Bonchev–Trinajstić information content (AvgIpc) is 2.50. The Morgan fingerprint density at radius 3 is 2.68 bits per heavy atom. The van der Waals surface area contributed by atoms with Gasteiger partial charge >= 0.3 is 5.97 Å². The maximum Gasteiger partial charge on any atom is 0.325 e. The predicted molar refractivity (Wildman–Crippen MR) is 74.6 cm³/mol. The van der Waals surface area contributed by atoms with Crippen LogP contribution in [-0.4, -0.2) is 51.2 Å². The Labute approximate surface area is 126 Å². The van der Waals surface area contributed by atoms with Gasteiger partial charge < -0.3 is 20.1 Å². The number of methoxy groups -OCH3 is 1. The Morgan fingerprint density at radius 2 is 2.00 bits per heavy atom. The fourth-order valence-electron chi connectivity index (χ4n) is 1.42. The minimum atomic E-state index is -0.772. The summed E-state index contributed by atoms with van der Waals surface area (Å²) in [7, 11) is 1.49. The molecule has 0 aromatic heterocycles. The molecule has 0 saturated heterocycles. The lowest BCUT2D eigenvalue weighted by Crippen LogP contribution is -2.34. The highest BCUT2D eigenvalue weighted by Crippen LogP contribution is 2.02. The van der Waals surface area contributed by atoms with E-state index in [1.807, 2.05) is 0 Å². The highest BCUT2D eigenvalue weighted by atomic mass is 19.1. The molecule has 0 heterocycles. The molecule has 0 aliphatic rings. The van der Waals surface area contributed by atoms with E-state index < -0.39 is 36.8 Å². The number of rotatable bonds is 8. The van der Waals surface area contributed by atoms with E-state index in [4.69, 9.17) is 4.74 Å². The van der Waals surface area contributed by atoms with Gasteiger partial charge in [0.25, 0.3) is 11.8 Å². The predicted octanol–water partition coefficient (Wildman–Crippen LogP) is -0.139. The van der Waals surface area contributed by atoms with Crippen LogP contribution < -0.4 is 10.6 Å². The molecule has 2 amide bonds. The summed E-state index contributed by atoms with van der Waals surface area (Å²) in [4.78, 5) is 34.2. The van der Waals surface area contributed by atoms with Gasteiger partial charge in [0.1, 0.15) is 12.4 Å². The first-order valence-corrected chi connectivity index (χ1v) is 6.48. The maximum absolute atomic E-state index is 12.9. The van der Waals surface area contributed by atoms with Gasteiger partial charge in [0.15, 0.2) is 6.61 Å². The van der Waals surface area contributed by atoms with Gasteiger partial charge in [0.2, 0.25) is 0 Å². The van der Waals surface area contributed by atoms with E-state index >= 15 is 0 Å². The molecule has 0 saturated carbocycles. The number of esters is 1. The standard InChI is InChI=1S/C14H17FN2O5/c1-21-6-5-16-12(18)9-22-13(19)8-17-14(20)10-3-2-4-11(15)7-10/h2-4,7H,5-6,8-9H2,1H3,(H,16,18)(H,17,20). The molecule has 1 rings (SSSR count). The number of amides is 2. The maximum atomic E-state index is 12.9. The second-order valence-electron chi connectivity index (χ2n) is 4.20. The second-order valence-corrected chi connectivity index (χ2v) is 4.20. The summed E-state index contributed by atoms with van der Waals surface area (Å²) in [5.74, 6) is -2.41. The molecular weight excluding hydrogens is 295 g/mol. The topological polar surface area (TPSA) is 93.7 Å². The molecule has 22 heavy (non-hydrogen) atoms. The fraction of sp³-hybridized carbons (Fsp3) is 0.357. The molecule has 1 aromatic carbocycles. The van der Waals surface area contributed by atoms with Crippen molar-refractivity contribution in [1.82, 2.24) is 10.6 Å². The zero-order valence-electron chi connectivity index (χ0n) is 12.1. The third kappa shape index (κ3) is 6.80. The van der Waals surface area contributed by atoms with Crippen molar-refractivity contribution in [2.24, 2.45) is 0 Å². The summed E-state index contributed by atoms with van der Waals surface area (Å²) < 4.78 is 22.3. The van der Waals surface area contributed by atoms with Gasteiger partial charge in [0.05, 0.1) is 6.61 Å². The van der Waals surface area contributed by atoms with Crippen molar-refractivity contribution in [2.45, 2.75) is 0 Å². The zero-order valence-corrected chi connectivity index (χ0v) is 12.1. The average molecular weight is 312 g/mol. The quantitative estimate of drug-likeness (QED) is 0.515. The fourth-order valence-corrected chi connectivity index (χ4v) is 1.42. The van der Waals surface area contributed by atoms with Gasteiger partial charge in [-0.3, -0.25) is 14.4 Å². The van der Waals surface area contributed by atoms with Crippen LogP contribution in [0.15, 0.2) is 24.3 Å². The van der Waals surface area contributed by atoms with E-state index in [-0.39, 0.29) is 5.56 Å². The van der Waals surface area contributed by atoms with Crippen molar-refractivity contribution in [3.05, 3.63) is 35.6 Å². The Hall–Kier alpha value is -2.48. The Balaban J connectivity index is 2.25. The Bertz CT molecular complexity index is 536. The molecule has 0 fully saturated rings. The SMILES string of the molecule is COCCNC(=O)COC(=O)CNC(=O)c1cccc(F)c1. The van der Waals surface area contributed by atoms with E-state index in [0.717, 1.165) is 6.07 Å². The van der Waals surface area contributed by atoms with Crippen LogP contribution >= 0.6 is 0 Å². The number of hydrogen-bond donors (Lipinski definition) is 2. The first-order valence-electron chi connectivity index (χ1n) is 6.48. The summed E-state index contributed by atoms with van der Waals surface area (Å²) in [6.07, 6.45) is 0. The Morgan fingerprint density at radius 1 is 1.23 bits per heavy atom. The lowest BCUT2D eigenvalue weighted by Gasteiger charge is -2.07. The van der Waals surface area contributed by atoms with Crippen LogP contribution in [-0.2, 0) is 19.1 Å². The summed E-state index contributed by atoms with van der Waals surface area (Å²) in [5, 5.41) is 4.74. The molecule has 8 heteroatoms. The van der Waals surface area contributed by atoms with E-state index in [0.29, 0.717) is 13.2 Å². The summed E-state index contributed by atoms with van der Waals surface area (Å²) in [6, 6.07) is 5.04. The molecule has 0 atom stereocenters. The molecule has 0 radical (unpaired) electrons. The van der Waals surface area contributed by atoms with Gasteiger partial charge in [-0.25, -0.2) is 4.39 Å². The molecular formula is C14H17FN2O5. The number of halogens is 1. The van der Waals surface area contributed by atoms with Crippen LogP contribution in [0, 0.1) is 5.82 Å². The van der Waals surface area contributed by atoms with Crippen LogP contribution in [0.3, 0.4) is 0 Å².